The van der Waals surface area contributed by atoms with Crippen molar-refractivity contribution in [2.75, 3.05) is 0 Å². The molecular formula is C17H13BrNO3-. The van der Waals surface area contributed by atoms with Crippen LogP contribution in [-0.4, -0.2) is 10.7 Å². The highest BCUT2D eigenvalue weighted by atomic mass is 79.9. The van der Waals surface area contributed by atoms with Gasteiger partial charge in [-0.15, -0.1) is 0 Å². The second-order valence-corrected chi connectivity index (χ2v) is 5.41. The molecule has 112 valence electrons. The summed E-state index contributed by atoms with van der Waals surface area (Å²) in [6.07, 6.45) is 0. The van der Waals surface area contributed by atoms with Crippen LogP contribution in [0.25, 0.3) is 10.9 Å². The molecule has 0 aliphatic heterocycles. The lowest BCUT2D eigenvalue weighted by Crippen LogP contribution is -2.28. The van der Waals surface area contributed by atoms with Crippen LogP contribution in [0, 0.1) is 0 Å². The van der Waals surface area contributed by atoms with Crippen LogP contribution in [0.5, 0.6) is 0 Å². The summed E-state index contributed by atoms with van der Waals surface area (Å²) in [5, 5.41) is 12.8. The van der Waals surface area contributed by atoms with Crippen LogP contribution < -0.4 is 9.94 Å². The maximum Gasteiger partial charge on any atom is 0.140 e. The normalized spacial score (nSPS) is 10.8. The monoisotopic (exact) mass is 358 g/mol. The largest absolute Gasteiger partial charge is 0.543 e. The van der Waals surface area contributed by atoms with E-state index in [0.717, 1.165) is 16.5 Å². The molecule has 0 aliphatic rings. The van der Waals surface area contributed by atoms with E-state index in [-0.39, 0.29) is 12.3 Å². The minimum atomic E-state index is -1.26. The molecule has 1 heterocycles. The Bertz CT molecular complexity index is 826. The van der Waals surface area contributed by atoms with E-state index in [0.29, 0.717) is 10.8 Å². The number of carboxylic acids is 1. The first-order chi connectivity index (χ1) is 10.7. The zero-order valence-electron chi connectivity index (χ0n) is 11.7. The lowest BCUT2D eigenvalue weighted by atomic mass is 10.1. The number of carbonyl (C=O) groups is 1. The Kier molecular flexibility index (Phi) is 4.15. The van der Waals surface area contributed by atoms with Crippen LogP contribution in [0.1, 0.15) is 21.6 Å². The third-order valence-corrected chi connectivity index (χ3v) is 4.09. The minimum absolute atomic E-state index is 0.0116. The molecule has 0 saturated heterocycles. The molecule has 0 atom stereocenters. The summed E-state index contributed by atoms with van der Waals surface area (Å²) in [6, 6.07) is 16.8. The van der Waals surface area contributed by atoms with Gasteiger partial charge in [0.2, 0.25) is 0 Å². The van der Waals surface area contributed by atoms with Crippen molar-refractivity contribution < 1.29 is 14.7 Å². The van der Waals surface area contributed by atoms with E-state index in [1.165, 1.54) is 4.73 Å². The summed E-state index contributed by atoms with van der Waals surface area (Å²) in [7, 11) is 0. The summed E-state index contributed by atoms with van der Waals surface area (Å²) in [5.74, 6) is -1.26. The average Bonchev–Trinajstić information content (AvgIpc) is 2.92. The van der Waals surface area contributed by atoms with Gasteiger partial charge in [0.1, 0.15) is 12.3 Å². The molecule has 0 saturated carbocycles. The fourth-order valence-electron chi connectivity index (χ4n) is 2.37. The van der Waals surface area contributed by atoms with Crippen LogP contribution in [0.2, 0.25) is 0 Å². The fraction of sp³-hybridized carbons (Fsp3) is 0.118. The van der Waals surface area contributed by atoms with Gasteiger partial charge < -0.3 is 14.7 Å². The second kappa shape index (κ2) is 6.23. The highest BCUT2D eigenvalue weighted by Crippen LogP contribution is 2.19. The molecule has 3 rings (SSSR count). The quantitative estimate of drug-likeness (QED) is 0.658. The lowest BCUT2D eigenvalue weighted by molar-refractivity contribution is -0.256. The van der Waals surface area contributed by atoms with E-state index in [4.69, 9.17) is 4.84 Å². The highest BCUT2D eigenvalue weighted by molar-refractivity contribution is 9.08. The van der Waals surface area contributed by atoms with Gasteiger partial charge in [-0.25, -0.2) is 0 Å². The number of benzene rings is 2. The van der Waals surface area contributed by atoms with Crippen molar-refractivity contribution in [1.29, 1.82) is 0 Å². The molecule has 5 heteroatoms. The first-order valence-electron chi connectivity index (χ1n) is 6.78. The SMILES string of the molecule is O=C([O-])c1cc2ccccc2n1OCc1ccccc1CBr. The highest BCUT2D eigenvalue weighted by Gasteiger charge is 2.11. The number of para-hydroxylation sites is 1. The minimum Gasteiger partial charge on any atom is -0.543 e. The van der Waals surface area contributed by atoms with Gasteiger partial charge >= 0.3 is 0 Å². The molecule has 0 fully saturated rings. The van der Waals surface area contributed by atoms with Crippen molar-refractivity contribution in [2.45, 2.75) is 11.9 Å². The van der Waals surface area contributed by atoms with Crippen molar-refractivity contribution in [3.63, 3.8) is 0 Å². The van der Waals surface area contributed by atoms with Gasteiger partial charge in [0, 0.05) is 10.7 Å². The number of hydrogen-bond donors (Lipinski definition) is 0. The third-order valence-electron chi connectivity index (χ3n) is 3.49. The topological polar surface area (TPSA) is 54.3 Å². The molecule has 0 N–H and O–H groups in total. The number of fused-ring (bicyclic) bond motifs is 1. The van der Waals surface area contributed by atoms with Crippen LogP contribution in [0.4, 0.5) is 0 Å². The van der Waals surface area contributed by atoms with Gasteiger partial charge in [-0.2, -0.15) is 4.73 Å². The van der Waals surface area contributed by atoms with Crippen LogP contribution in [0.15, 0.2) is 54.6 Å². The molecule has 22 heavy (non-hydrogen) atoms. The summed E-state index contributed by atoms with van der Waals surface area (Å²) in [5.41, 5.74) is 2.82. The Morgan fingerprint density at radius 1 is 1.09 bits per heavy atom. The summed E-state index contributed by atoms with van der Waals surface area (Å²) in [4.78, 5) is 17.1. The Labute approximate surface area is 136 Å². The smallest absolute Gasteiger partial charge is 0.140 e. The summed E-state index contributed by atoms with van der Waals surface area (Å²) < 4.78 is 1.33. The van der Waals surface area contributed by atoms with Crippen molar-refractivity contribution in [2.24, 2.45) is 0 Å². The van der Waals surface area contributed by atoms with E-state index in [1.54, 1.807) is 6.07 Å². The van der Waals surface area contributed by atoms with Gasteiger partial charge in [-0.3, -0.25) is 0 Å². The first kappa shape index (κ1) is 14.7. The maximum absolute atomic E-state index is 11.3. The zero-order chi connectivity index (χ0) is 15.5. The molecule has 0 radical (unpaired) electrons. The number of aromatic carboxylic acids is 1. The van der Waals surface area contributed by atoms with E-state index in [9.17, 15) is 9.90 Å². The predicted octanol–water partition coefficient (Wildman–Crippen LogP) is 2.53. The second-order valence-electron chi connectivity index (χ2n) is 4.85. The molecular weight excluding hydrogens is 346 g/mol. The van der Waals surface area contributed by atoms with Gasteiger partial charge in [0.25, 0.3) is 0 Å². The van der Waals surface area contributed by atoms with Crippen molar-refractivity contribution in [3.05, 3.63) is 71.4 Å². The number of halogens is 1. The molecule has 0 bridgehead atoms. The number of aromatic nitrogens is 1. The molecule has 0 aliphatic carbocycles. The Hall–Kier alpha value is -2.27. The van der Waals surface area contributed by atoms with E-state index in [1.807, 2.05) is 48.5 Å². The van der Waals surface area contributed by atoms with Crippen LogP contribution >= 0.6 is 15.9 Å². The molecule has 0 spiro atoms. The lowest BCUT2D eigenvalue weighted by Gasteiger charge is -2.14. The number of carbonyl (C=O) groups excluding carboxylic acids is 1. The van der Waals surface area contributed by atoms with Gasteiger partial charge in [0.15, 0.2) is 0 Å². The average molecular weight is 359 g/mol. The Balaban J connectivity index is 1.96. The van der Waals surface area contributed by atoms with Gasteiger partial charge in [0.05, 0.1) is 11.5 Å². The molecule has 0 amide bonds. The van der Waals surface area contributed by atoms with Crippen molar-refractivity contribution in [3.8, 4) is 0 Å². The number of alkyl halides is 1. The number of nitrogens with zero attached hydrogens (tertiary/aromatic N) is 1. The standard InChI is InChI=1S/C17H14BrNO3/c18-10-13-6-1-2-7-14(13)11-22-19-15-8-4-3-5-12(15)9-16(19)17(20)21/h1-9H,10-11H2,(H,20,21)/p-1. The fourth-order valence-corrected chi connectivity index (χ4v) is 2.92. The Morgan fingerprint density at radius 3 is 2.50 bits per heavy atom. The number of carboxylic acid groups (broad SMARTS) is 1. The Morgan fingerprint density at radius 2 is 1.77 bits per heavy atom. The molecule has 0 unspecified atom stereocenters. The molecule has 3 aromatic rings. The van der Waals surface area contributed by atoms with E-state index >= 15 is 0 Å². The number of hydrogen-bond acceptors (Lipinski definition) is 3. The van der Waals surface area contributed by atoms with E-state index in [2.05, 4.69) is 15.9 Å². The first-order valence-corrected chi connectivity index (χ1v) is 7.90. The van der Waals surface area contributed by atoms with Gasteiger partial charge in [-0.05, 0) is 23.3 Å². The van der Waals surface area contributed by atoms with Crippen LogP contribution in [0.3, 0.4) is 0 Å². The third kappa shape index (κ3) is 2.72. The molecule has 4 nitrogen and oxygen atoms in total. The summed E-state index contributed by atoms with van der Waals surface area (Å²) in [6.45, 7) is 0.278. The molecule has 2 aromatic carbocycles. The van der Waals surface area contributed by atoms with E-state index < -0.39 is 5.97 Å². The number of rotatable bonds is 5. The zero-order valence-corrected chi connectivity index (χ0v) is 13.2. The van der Waals surface area contributed by atoms with Crippen molar-refractivity contribution in [1.82, 2.24) is 4.73 Å². The summed E-state index contributed by atoms with van der Waals surface area (Å²) >= 11 is 3.44. The molecule has 1 aromatic heterocycles. The van der Waals surface area contributed by atoms with Crippen molar-refractivity contribution >= 4 is 32.8 Å². The van der Waals surface area contributed by atoms with Crippen LogP contribution in [-0.2, 0) is 11.9 Å². The van der Waals surface area contributed by atoms with Gasteiger partial charge in [-0.1, -0.05) is 58.4 Å². The predicted molar refractivity (Wildman–Crippen MR) is 85.6 cm³/mol. The maximum atomic E-state index is 11.3.